The minimum atomic E-state index is 0.570. The van der Waals surface area contributed by atoms with Gasteiger partial charge in [0.15, 0.2) is 5.82 Å². The standard InChI is InChI=1S/C9H12N4OS/c1-6-8(15-5-11-6)9-12-7(13-14-9)3-4-10-2/h5,10H,3-4H2,1-2H3. The van der Waals surface area contributed by atoms with E-state index in [0.717, 1.165) is 29.4 Å². The molecule has 0 unspecified atom stereocenters. The number of likely N-dealkylation sites (N-methyl/N-ethyl adjacent to an activating group) is 1. The van der Waals surface area contributed by atoms with Gasteiger partial charge in [-0.15, -0.1) is 11.3 Å². The Labute approximate surface area is 91.5 Å². The van der Waals surface area contributed by atoms with Gasteiger partial charge in [0.2, 0.25) is 0 Å². The summed E-state index contributed by atoms with van der Waals surface area (Å²) < 4.78 is 5.17. The van der Waals surface area contributed by atoms with Crippen molar-refractivity contribution in [1.29, 1.82) is 0 Å². The van der Waals surface area contributed by atoms with Crippen LogP contribution < -0.4 is 5.32 Å². The van der Waals surface area contributed by atoms with E-state index in [9.17, 15) is 0 Å². The van der Waals surface area contributed by atoms with Gasteiger partial charge in [-0.25, -0.2) is 4.98 Å². The summed E-state index contributed by atoms with van der Waals surface area (Å²) >= 11 is 1.52. The van der Waals surface area contributed by atoms with Crippen LogP contribution in [0.25, 0.3) is 10.8 Å². The van der Waals surface area contributed by atoms with Gasteiger partial charge in [0, 0.05) is 13.0 Å². The van der Waals surface area contributed by atoms with Crippen LogP contribution in [0.5, 0.6) is 0 Å². The molecule has 2 aromatic rings. The second-order valence-corrected chi connectivity index (χ2v) is 3.99. The summed E-state index contributed by atoms with van der Waals surface area (Å²) in [5, 5.41) is 6.94. The molecule has 0 atom stereocenters. The molecule has 6 heteroatoms. The summed E-state index contributed by atoms with van der Waals surface area (Å²) in [6.45, 7) is 2.78. The molecule has 0 fully saturated rings. The van der Waals surface area contributed by atoms with Crippen LogP contribution >= 0.6 is 11.3 Å². The van der Waals surface area contributed by atoms with E-state index >= 15 is 0 Å². The van der Waals surface area contributed by atoms with E-state index in [1.54, 1.807) is 5.51 Å². The van der Waals surface area contributed by atoms with Gasteiger partial charge in [-0.3, -0.25) is 0 Å². The Morgan fingerprint density at radius 3 is 3.07 bits per heavy atom. The van der Waals surface area contributed by atoms with E-state index in [1.807, 2.05) is 14.0 Å². The quantitative estimate of drug-likeness (QED) is 0.847. The van der Waals surface area contributed by atoms with Crippen LogP contribution in [0.1, 0.15) is 11.5 Å². The van der Waals surface area contributed by atoms with Crippen molar-refractivity contribution < 1.29 is 4.52 Å². The first-order valence-electron chi connectivity index (χ1n) is 4.69. The molecule has 0 amide bonds. The van der Waals surface area contributed by atoms with E-state index in [2.05, 4.69) is 20.4 Å². The average Bonchev–Trinajstić information content (AvgIpc) is 2.83. The monoisotopic (exact) mass is 224 g/mol. The Hall–Kier alpha value is -1.27. The molecule has 0 radical (unpaired) electrons. The molecule has 2 aromatic heterocycles. The first-order valence-corrected chi connectivity index (χ1v) is 5.57. The minimum Gasteiger partial charge on any atom is -0.333 e. The fraction of sp³-hybridized carbons (Fsp3) is 0.444. The highest BCUT2D eigenvalue weighted by Gasteiger charge is 2.12. The molecule has 0 bridgehead atoms. The third-order valence-electron chi connectivity index (χ3n) is 2.01. The Kier molecular flexibility index (Phi) is 3.08. The van der Waals surface area contributed by atoms with Gasteiger partial charge in [-0.1, -0.05) is 5.16 Å². The van der Waals surface area contributed by atoms with Crippen LogP contribution in [-0.4, -0.2) is 28.7 Å². The van der Waals surface area contributed by atoms with Crippen molar-refractivity contribution in [2.24, 2.45) is 0 Å². The van der Waals surface area contributed by atoms with Gasteiger partial charge in [0.25, 0.3) is 5.89 Å². The number of nitrogens with one attached hydrogen (secondary N) is 1. The molecule has 0 saturated carbocycles. The molecule has 0 aromatic carbocycles. The predicted molar refractivity (Wildman–Crippen MR) is 57.8 cm³/mol. The first kappa shape index (κ1) is 10.3. The van der Waals surface area contributed by atoms with Crippen molar-refractivity contribution in [3.05, 3.63) is 17.0 Å². The highest BCUT2D eigenvalue weighted by atomic mass is 32.1. The predicted octanol–water partition coefficient (Wildman–Crippen LogP) is 1.26. The smallest absolute Gasteiger partial charge is 0.269 e. The zero-order chi connectivity index (χ0) is 10.7. The normalized spacial score (nSPS) is 10.8. The van der Waals surface area contributed by atoms with Crippen LogP contribution in [-0.2, 0) is 6.42 Å². The molecule has 80 valence electrons. The Bertz CT molecular complexity index is 437. The molecule has 0 saturated heterocycles. The van der Waals surface area contributed by atoms with E-state index in [-0.39, 0.29) is 0 Å². The summed E-state index contributed by atoms with van der Waals surface area (Å²) in [6.07, 6.45) is 0.776. The summed E-state index contributed by atoms with van der Waals surface area (Å²) in [5.74, 6) is 1.30. The lowest BCUT2D eigenvalue weighted by molar-refractivity contribution is 0.422. The molecular weight excluding hydrogens is 212 g/mol. The summed E-state index contributed by atoms with van der Waals surface area (Å²) in [6, 6.07) is 0. The third kappa shape index (κ3) is 2.21. The molecule has 1 N–H and O–H groups in total. The van der Waals surface area contributed by atoms with Gasteiger partial charge >= 0.3 is 0 Å². The van der Waals surface area contributed by atoms with Gasteiger partial charge in [-0.2, -0.15) is 4.98 Å². The minimum absolute atomic E-state index is 0.570. The summed E-state index contributed by atoms with van der Waals surface area (Å²) in [4.78, 5) is 9.40. The Balaban J connectivity index is 2.17. The largest absolute Gasteiger partial charge is 0.333 e. The van der Waals surface area contributed by atoms with E-state index in [4.69, 9.17) is 4.52 Å². The lowest BCUT2D eigenvalue weighted by Crippen LogP contribution is -2.10. The molecule has 15 heavy (non-hydrogen) atoms. The van der Waals surface area contributed by atoms with E-state index in [0.29, 0.717) is 5.89 Å². The van der Waals surface area contributed by atoms with Gasteiger partial charge < -0.3 is 9.84 Å². The summed E-state index contributed by atoms with van der Waals surface area (Å²) in [5.41, 5.74) is 2.71. The van der Waals surface area contributed by atoms with Crippen molar-refractivity contribution in [3.63, 3.8) is 0 Å². The number of thiazole rings is 1. The average molecular weight is 224 g/mol. The van der Waals surface area contributed by atoms with Crippen molar-refractivity contribution in [2.45, 2.75) is 13.3 Å². The second kappa shape index (κ2) is 4.50. The number of hydrogen-bond donors (Lipinski definition) is 1. The highest BCUT2D eigenvalue weighted by molar-refractivity contribution is 7.13. The lowest BCUT2D eigenvalue weighted by atomic mass is 10.4. The molecule has 5 nitrogen and oxygen atoms in total. The molecular formula is C9H12N4OS. The number of aryl methyl sites for hydroxylation is 1. The van der Waals surface area contributed by atoms with Crippen molar-refractivity contribution >= 4 is 11.3 Å². The maximum Gasteiger partial charge on any atom is 0.269 e. The highest BCUT2D eigenvalue weighted by Crippen LogP contribution is 2.25. The van der Waals surface area contributed by atoms with Crippen molar-refractivity contribution in [1.82, 2.24) is 20.4 Å². The molecule has 0 aliphatic rings. The van der Waals surface area contributed by atoms with Crippen LogP contribution in [0.3, 0.4) is 0 Å². The Morgan fingerprint density at radius 2 is 2.40 bits per heavy atom. The molecule has 0 aliphatic carbocycles. The number of rotatable bonds is 4. The fourth-order valence-corrected chi connectivity index (χ4v) is 1.91. The van der Waals surface area contributed by atoms with Crippen LogP contribution in [0.4, 0.5) is 0 Å². The van der Waals surface area contributed by atoms with Gasteiger partial charge in [-0.05, 0) is 14.0 Å². The maximum atomic E-state index is 5.17. The number of aromatic nitrogens is 3. The van der Waals surface area contributed by atoms with E-state index < -0.39 is 0 Å². The topological polar surface area (TPSA) is 63.8 Å². The second-order valence-electron chi connectivity index (χ2n) is 3.14. The number of nitrogens with zero attached hydrogens (tertiary/aromatic N) is 3. The van der Waals surface area contributed by atoms with Gasteiger partial charge in [0.1, 0.15) is 4.88 Å². The third-order valence-corrected chi connectivity index (χ3v) is 2.92. The molecule has 0 aliphatic heterocycles. The van der Waals surface area contributed by atoms with Crippen LogP contribution in [0, 0.1) is 6.92 Å². The van der Waals surface area contributed by atoms with Gasteiger partial charge in [0.05, 0.1) is 11.2 Å². The maximum absolute atomic E-state index is 5.17. The SMILES string of the molecule is CNCCc1noc(-c2scnc2C)n1. The Morgan fingerprint density at radius 1 is 1.53 bits per heavy atom. The van der Waals surface area contributed by atoms with Crippen LogP contribution in [0.2, 0.25) is 0 Å². The van der Waals surface area contributed by atoms with Crippen LogP contribution in [0.15, 0.2) is 10.0 Å². The number of hydrogen-bond acceptors (Lipinski definition) is 6. The first-order chi connectivity index (χ1) is 7.31. The zero-order valence-corrected chi connectivity index (χ0v) is 9.47. The molecule has 2 heterocycles. The molecule has 2 rings (SSSR count). The lowest BCUT2D eigenvalue weighted by Gasteiger charge is -1.90. The van der Waals surface area contributed by atoms with Crippen molar-refractivity contribution in [2.75, 3.05) is 13.6 Å². The summed E-state index contributed by atoms with van der Waals surface area (Å²) in [7, 11) is 1.90. The molecule has 0 spiro atoms. The fourth-order valence-electron chi connectivity index (χ4n) is 1.19. The van der Waals surface area contributed by atoms with E-state index in [1.165, 1.54) is 11.3 Å². The zero-order valence-electron chi connectivity index (χ0n) is 8.65. The van der Waals surface area contributed by atoms with Crippen molar-refractivity contribution in [3.8, 4) is 10.8 Å².